The zero-order valence-electron chi connectivity index (χ0n) is 9.01. The molecule has 1 unspecified atom stereocenters. The Morgan fingerprint density at radius 1 is 1.22 bits per heavy atom. The topological polar surface area (TPSA) is 63.1 Å². The predicted octanol–water partition coefficient (Wildman–Crippen LogP) is 3.17. The summed E-state index contributed by atoms with van der Waals surface area (Å²) in [5.74, 6) is 0.0698. The summed E-state index contributed by atoms with van der Waals surface area (Å²) >= 11 is 9.65. The van der Waals surface area contributed by atoms with E-state index in [1.165, 1.54) is 0 Å². The fourth-order valence-corrected chi connectivity index (χ4v) is 2.37. The largest absolute Gasteiger partial charge is 0.306 e. The molecule has 0 fully saturated rings. The lowest BCUT2D eigenvalue weighted by atomic mass is 10.1. The van der Waals surface area contributed by atoms with E-state index in [0.29, 0.717) is 5.69 Å². The van der Waals surface area contributed by atoms with Crippen LogP contribution in [0.5, 0.6) is 0 Å². The van der Waals surface area contributed by atoms with Gasteiger partial charge in [-0.2, -0.15) is 0 Å². The standard InChI is InChI=1S/C11H8Cl2N2O2S/c12-10-5-9(14-11(13)15-10)8-3-1-2-7(4-8)6-18(16)17/h1-5H,6H2,(H,16,17). The second-order valence-electron chi connectivity index (χ2n) is 3.51. The lowest BCUT2D eigenvalue weighted by Crippen LogP contribution is -1.94. The molecule has 7 heteroatoms. The average molecular weight is 303 g/mol. The minimum absolute atomic E-state index is 0.0636. The predicted molar refractivity (Wildman–Crippen MR) is 72.0 cm³/mol. The van der Waals surface area contributed by atoms with E-state index in [-0.39, 0.29) is 16.2 Å². The monoisotopic (exact) mass is 302 g/mol. The number of aromatic nitrogens is 2. The van der Waals surface area contributed by atoms with Crippen LogP contribution in [0.1, 0.15) is 5.56 Å². The molecule has 1 heterocycles. The molecule has 4 nitrogen and oxygen atoms in total. The van der Waals surface area contributed by atoms with Crippen molar-refractivity contribution in [2.75, 3.05) is 0 Å². The van der Waals surface area contributed by atoms with E-state index in [9.17, 15) is 4.21 Å². The summed E-state index contributed by atoms with van der Waals surface area (Å²) in [5.41, 5.74) is 2.08. The maximum absolute atomic E-state index is 10.8. The van der Waals surface area contributed by atoms with Gasteiger partial charge in [-0.25, -0.2) is 14.2 Å². The van der Waals surface area contributed by atoms with Crippen LogP contribution in [-0.2, 0) is 16.8 Å². The Morgan fingerprint density at radius 3 is 2.67 bits per heavy atom. The summed E-state index contributed by atoms with van der Waals surface area (Å²) in [6.45, 7) is 0. The van der Waals surface area contributed by atoms with E-state index in [1.807, 2.05) is 6.07 Å². The van der Waals surface area contributed by atoms with Gasteiger partial charge in [0.25, 0.3) is 0 Å². The molecular formula is C11H8Cl2N2O2S. The van der Waals surface area contributed by atoms with Crippen LogP contribution in [0.15, 0.2) is 30.3 Å². The van der Waals surface area contributed by atoms with Gasteiger partial charge in [-0.05, 0) is 23.2 Å². The molecule has 18 heavy (non-hydrogen) atoms. The number of halogens is 2. The third-order valence-electron chi connectivity index (χ3n) is 2.18. The molecule has 1 atom stereocenters. The third kappa shape index (κ3) is 3.49. The SMILES string of the molecule is O=S(O)Cc1cccc(-c2cc(Cl)nc(Cl)n2)c1. The fraction of sp³-hybridized carbons (Fsp3) is 0.0909. The minimum Gasteiger partial charge on any atom is -0.306 e. The smallest absolute Gasteiger partial charge is 0.224 e. The molecule has 1 aromatic heterocycles. The molecule has 2 rings (SSSR count). The highest BCUT2D eigenvalue weighted by Gasteiger charge is 2.06. The molecule has 0 radical (unpaired) electrons. The lowest BCUT2D eigenvalue weighted by molar-refractivity contribution is 0.563. The van der Waals surface area contributed by atoms with E-state index in [0.717, 1.165) is 11.1 Å². The summed E-state index contributed by atoms with van der Waals surface area (Å²) in [6, 6.07) is 8.72. The van der Waals surface area contributed by atoms with Crippen molar-refractivity contribution < 1.29 is 8.76 Å². The van der Waals surface area contributed by atoms with Crippen LogP contribution in [0, 0.1) is 0 Å². The Labute approximate surface area is 116 Å². The summed E-state index contributed by atoms with van der Waals surface area (Å²) < 4.78 is 19.6. The van der Waals surface area contributed by atoms with Gasteiger partial charge in [0.2, 0.25) is 5.28 Å². The van der Waals surface area contributed by atoms with E-state index >= 15 is 0 Å². The molecule has 0 aliphatic rings. The van der Waals surface area contributed by atoms with Crippen molar-refractivity contribution in [2.24, 2.45) is 0 Å². The average Bonchev–Trinajstić information content (AvgIpc) is 2.27. The van der Waals surface area contributed by atoms with Crippen LogP contribution in [0.2, 0.25) is 10.4 Å². The Balaban J connectivity index is 2.41. The second kappa shape index (κ2) is 5.75. The van der Waals surface area contributed by atoms with Gasteiger partial charge in [-0.1, -0.05) is 29.8 Å². The highest BCUT2D eigenvalue weighted by molar-refractivity contribution is 7.78. The van der Waals surface area contributed by atoms with Crippen molar-refractivity contribution in [3.63, 3.8) is 0 Å². The second-order valence-corrected chi connectivity index (χ2v) is 5.17. The summed E-state index contributed by atoms with van der Waals surface area (Å²) in [6.07, 6.45) is 0. The van der Waals surface area contributed by atoms with Crippen molar-refractivity contribution in [3.05, 3.63) is 46.3 Å². The molecule has 0 bridgehead atoms. The van der Waals surface area contributed by atoms with Crippen molar-refractivity contribution in [1.29, 1.82) is 0 Å². The minimum atomic E-state index is -1.87. The van der Waals surface area contributed by atoms with Crippen molar-refractivity contribution >= 4 is 34.3 Å². The molecule has 0 amide bonds. The highest BCUT2D eigenvalue weighted by atomic mass is 35.5. The maximum Gasteiger partial charge on any atom is 0.224 e. The van der Waals surface area contributed by atoms with Gasteiger partial charge < -0.3 is 4.55 Å². The van der Waals surface area contributed by atoms with Crippen LogP contribution in [-0.4, -0.2) is 18.7 Å². The molecule has 0 aliphatic carbocycles. The fourth-order valence-electron chi connectivity index (χ4n) is 1.50. The van der Waals surface area contributed by atoms with Gasteiger partial charge in [-0.15, -0.1) is 0 Å². The van der Waals surface area contributed by atoms with E-state index < -0.39 is 11.1 Å². The van der Waals surface area contributed by atoms with Gasteiger partial charge in [0.15, 0.2) is 11.1 Å². The van der Waals surface area contributed by atoms with E-state index in [2.05, 4.69) is 9.97 Å². The van der Waals surface area contributed by atoms with E-state index in [1.54, 1.807) is 24.3 Å². The zero-order valence-corrected chi connectivity index (χ0v) is 11.3. The van der Waals surface area contributed by atoms with Gasteiger partial charge in [-0.3, -0.25) is 0 Å². The first kappa shape index (κ1) is 13.4. The molecule has 2 aromatic rings. The number of rotatable bonds is 3. The Hall–Kier alpha value is -1.01. The van der Waals surface area contributed by atoms with Crippen molar-refractivity contribution in [2.45, 2.75) is 5.75 Å². The van der Waals surface area contributed by atoms with Crippen LogP contribution in [0.25, 0.3) is 11.3 Å². The highest BCUT2D eigenvalue weighted by Crippen LogP contribution is 2.22. The van der Waals surface area contributed by atoms with Crippen molar-refractivity contribution in [3.8, 4) is 11.3 Å². The maximum atomic E-state index is 10.8. The molecule has 0 saturated heterocycles. The lowest BCUT2D eigenvalue weighted by Gasteiger charge is -2.04. The molecule has 0 saturated carbocycles. The quantitative estimate of drug-likeness (QED) is 0.537. The Kier molecular flexibility index (Phi) is 4.29. The van der Waals surface area contributed by atoms with E-state index in [4.69, 9.17) is 27.8 Å². The first-order chi connectivity index (χ1) is 8.54. The zero-order chi connectivity index (χ0) is 13.1. The number of benzene rings is 1. The molecule has 0 aliphatic heterocycles. The summed E-state index contributed by atoms with van der Waals surface area (Å²) in [4.78, 5) is 7.82. The van der Waals surface area contributed by atoms with Crippen LogP contribution in [0.3, 0.4) is 0 Å². The van der Waals surface area contributed by atoms with Gasteiger partial charge in [0, 0.05) is 11.6 Å². The molecule has 94 valence electrons. The summed E-state index contributed by atoms with van der Waals surface area (Å²) in [7, 11) is 0. The van der Waals surface area contributed by atoms with Gasteiger partial charge in [0.05, 0.1) is 11.4 Å². The Bertz CT molecular complexity index is 587. The molecule has 1 aromatic carbocycles. The van der Waals surface area contributed by atoms with Gasteiger partial charge in [0.1, 0.15) is 5.15 Å². The normalized spacial score (nSPS) is 12.4. The van der Waals surface area contributed by atoms with Crippen LogP contribution in [0.4, 0.5) is 0 Å². The summed E-state index contributed by atoms with van der Waals surface area (Å²) in [5, 5.41) is 0.315. The number of hydrogen-bond acceptors (Lipinski definition) is 3. The number of hydrogen-bond donors (Lipinski definition) is 1. The Morgan fingerprint density at radius 2 is 2.00 bits per heavy atom. The first-order valence-electron chi connectivity index (χ1n) is 4.91. The molecule has 1 N–H and O–H groups in total. The first-order valence-corrected chi connectivity index (χ1v) is 6.94. The van der Waals surface area contributed by atoms with Crippen LogP contribution >= 0.6 is 23.2 Å². The van der Waals surface area contributed by atoms with Gasteiger partial charge >= 0.3 is 0 Å². The molecule has 0 spiro atoms. The third-order valence-corrected chi connectivity index (χ3v) is 3.12. The van der Waals surface area contributed by atoms with Crippen LogP contribution < -0.4 is 0 Å². The molecular weight excluding hydrogens is 295 g/mol. The number of nitrogens with zero attached hydrogens (tertiary/aromatic N) is 2. The van der Waals surface area contributed by atoms with Crippen molar-refractivity contribution in [1.82, 2.24) is 9.97 Å².